The summed E-state index contributed by atoms with van der Waals surface area (Å²) in [5.74, 6) is 0.400. The van der Waals surface area contributed by atoms with Crippen LogP contribution in [0.25, 0.3) is 5.69 Å². The van der Waals surface area contributed by atoms with Crippen molar-refractivity contribution in [2.45, 2.75) is 6.10 Å². The quantitative estimate of drug-likeness (QED) is 0.771. The third-order valence-corrected chi connectivity index (χ3v) is 2.85. The van der Waals surface area contributed by atoms with Gasteiger partial charge in [0, 0.05) is 0 Å². The number of hydrogen-bond acceptors (Lipinski definition) is 4. The molecule has 94 valence electrons. The largest absolute Gasteiger partial charge is 0.380 e. The van der Waals surface area contributed by atoms with Crippen LogP contribution < -0.4 is 0 Å². The lowest BCUT2D eigenvalue weighted by Crippen LogP contribution is -2.09. The Kier molecular flexibility index (Phi) is 3.04. The van der Waals surface area contributed by atoms with E-state index in [9.17, 15) is 5.11 Å². The molecule has 0 amide bonds. The highest BCUT2D eigenvalue weighted by atomic mass is 16.3. The molecule has 3 rings (SSSR count). The summed E-state index contributed by atoms with van der Waals surface area (Å²) >= 11 is 0. The number of rotatable bonds is 3. The second-order valence-electron chi connectivity index (χ2n) is 4.10. The van der Waals surface area contributed by atoms with Crippen LogP contribution in [0.4, 0.5) is 0 Å². The zero-order chi connectivity index (χ0) is 13.1. The van der Waals surface area contributed by atoms with Gasteiger partial charge in [-0.1, -0.05) is 48.5 Å². The van der Waals surface area contributed by atoms with Gasteiger partial charge >= 0.3 is 0 Å². The first-order valence-corrected chi connectivity index (χ1v) is 5.93. The van der Waals surface area contributed by atoms with Crippen LogP contribution in [0.3, 0.4) is 0 Å². The van der Waals surface area contributed by atoms with Crippen molar-refractivity contribution in [3.05, 3.63) is 72.1 Å². The van der Waals surface area contributed by atoms with Gasteiger partial charge in [-0.3, -0.25) is 0 Å². The summed E-state index contributed by atoms with van der Waals surface area (Å²) in [7, 11) is 0. The third-order valence-electron chi connectivity index (χ3n) is 2.85. The van der Waals surface area contributed by atoms with Gasteiger partial charge in [-0.05, 0) is 28.1 Å². The summed E-state index contributed by atoms with van der Waals surface area (Å²) in [6.07, 6.45) is -0.851. The molecule has 0 aliphatic heterocycles. The Labute approximate surface area is 110 Å². The zero-order valence-corrected chi connectivity index (χ0v) is 10.1. The van der Waals surface area contributed by atoms with E-state index in [0.717, 1.165) is 11.3 Å². The molecule has 0 fully saturated rings. The van der Waals surface area contributed by atoms with Gasteiger partial charge in [-0.15, -0.1) is 5.10 Å². The monoisotopic (exact) mass is 252 g/mol. The van der Waals surface area contributed by atoms with Gasteiger partial charge < -0.3 is 5.11 Å². The smallest absolute Gasteiger partial charge is 0.189 e. The minimum atomic E-state index is -0.851. The second kappa shape index (κ2) is 4.99. The Morgan fingerprint density at radius 2 is 1.53 bits per heavy atom. The number of nitrogens with zero attached hydrogens (tertiary/aromatic N) is 4. The van der Waals surface area contributed by atoms with E-state index in [0.29, 0.717) is 5.82 Å². The normalized spacial score (nSPS) is 12.3. The predicted octanol–water partition coefficient (Wildman–Crippen LogP) is 1.74. The fourth-order valence-corrected chi connectivity index (χ4v) is 1.90. The molecule has 0 aliphatic rings. The van der Waals surface area contributed by atoms with Crippen molar-refractivity contribution >= 4 is 0 Å². The molecule has 1 unspecified atom stereocenters. The van der Waals surface area contributed by atoms with Crippen molar-refractivity contribution < 1.29 is 5.11 Å². The molecule has 0 spiro atoms. The average molecular weight is 252 g/mol. The maximum atomic E-state index is 10.4. The zero-order valence-electron chi connectivity index (χ0n) is 10.1. The summed E-state index contributed by atoms with van der Waals surface area (Å²) in [6.45, 7) is 0. The van der Waals surface area contributed by atoms with E-state index in [-0.39, 0.29) is 0 Å². The van der Waals surface area contributed by atoms with E-state index in [1.54, 1.807) is 0 Å². The van der Waals surface area contributed by atoms with Crippen molar-refractivity contribution in [3.8, 4) is 5.69 Å². The van der Waals surface area contributed by atoms with Crippen LogP contribution >= 0.6 is 0 Å². The number of aliphatic hydroxyl groups excluding tert-OH is 1. The molecule has 1 N–H and O–H groups in total. The Balaban J connectivity index is 2.01. The van der Waals surface area contributed by atoms with Crippen molar-refractivity contribution in [2.75, 3.05) is 0 Å². The van der Waals surface area contributed by atoms with Crippen molar-refractivity contribution in [2.24, 2.45) is 0 Å². The molecule has 19 heavy (non-hydrogen) atoms. The maximum Gasteiger partial charge on any atom is 0.189 e. The minimum Gasteiger partial charge on any atom is -0.380 e. The lowest BCUT2D eigenvalue weighted by Gasteiger charge is -2.10. The van der Waals surface area contributed by atoms with Gasteiger partial charge in [-0.2, -0.15) is 4.68 Å². The first kappa shape index (κ1) is 11.6. The van der Waals surface area contributed by atoms with E-state index in [1.165, 1.54) is 4.68 Å². The van der Waals surface area contributed by atoms with Gasteiger partial charge in [0.1, 0.15) is 6.10 Å². The molecule has 0 radical (unpaired) electrons. The fourth-order valence-electron chi connectivity index (χ4n) is 1.90. The van der Waals surface area contributed by atoms with Gasteiger partial charge in [0.15, 0.2) is 5.82 Å². The number of para-hydroxylation sites is 1. The van der Waals surface area contributed by atoms with Crippen molar-refractivity contribution in [1.29, 1.82) is 0 Å². The summed E-state index contributed by atoms with van der Waals surface area (Å²) in [5.41, 5.74) is 1.58. The lowest BCUT2D eigenvalue weighted by molar-refractivity contribution is 0.206. The van der Waals surface area contributed by atoms with Crippen LogP contribution in [-0.4, -0.2) is 25.3 Å². The van der Waals surface area contributed by atoms with E-state index in [4.69, 9.17) is 0 Å². The molecule has 1 heterocycles. The van der Waals surface area contributed by atoms with Crippen LogP contribution in [0, 0.1) is 0 Å². The van der Waals surface area contributed by atoms with E-state index in [1.807, 2.05) is 60.7 Å². The maximum absolute atomic E-state index is 10.4. The topological polar surface area (TPSA) is 63.8 Å². The summed E-state index contributed by atoms with van der Waals surface area (Å²) in [6, 6.07) is 18.8. The molecule has 0 saturated heterocycles. The van der Waals surface area contributed by atoms with Crippen LogP contribution in [0.5, 0.6) is 0 Å². The summed E-state index contributed by atoms with van der Waals surface area (Å²) < 4.78 is 1.54. The van der Waals surface area contributed by atoms with Crippen molar-refractivity contribution in [3.63, 3.8) is 0 Å². The predicted molar refractivity (Wildman–Crippen MR) is 69.7 cm³/mol. The summed E-state index contributed by atoms with van der Waals surface area (Å²) in [5, 5.41) is 21.9. The molecule has 0 saturated carbocycles. The van der Waals surface area contributed by atoms with Gasteiger partial charge in [0.25, 0.3) is 0 Å². The number of tetrazole rings is 1. The van der Waals surface area contributed by atoms with Gasteiger partial charge in [-0.25, -0.2) is 0 Å². The standard InChI is InChI=1S/C14H12N4O/c19-13(11-7-3-1-4-8-11)14-15-16-17-18(14)12-9-5-2-6-10-12/h1-10,13,19H. The third kappa shape index (κ3) is 2.23. The first-order valence-electron chi connectivity index (χ1n) is 5.93. The molecule has 5 nitrogen and oxygen atoms in total. The van der Waals surface area contributed by atoms with Crippen LogP contribution in [0.15, 0.2) is 60.7 Å². The molecule has 0 bridgehead atoms. The fraction of sp³-hybridized carbons (Fsp3) is 0.0714. The minimum absolute atomic E-state index is 0.400. The molecule has 1 atom stereocenters. The Bertz CT molecular complexity index is 651. The Morgan fingerprint density at radius 3 is 2.21 bits per heavy atom. The molecular weight excluding hydrogens is 240 g/mol. The second-order valence-corrected chi connectivity index (χ2v) is 4.10. The molecular formula is C14H12N4O. The van der Waals surface area contributed by atoms with E-state index >= 15 is 0 Å². The number of aliphatic hydroxyl groups is 1. The Hall–Kier alpha value is -2.53. The van der Waals surface area contributed by atoms with Crippen LogP contribution in [-0.2, 0) is 0 Å². The van der Waals surface area contributed by atoms with E-state index in [2.05, 4.69) is 15.5 Å². The lowest BCUT2D eigenvalue weighted by atomic mass is 10.1. The summed E-state index contributed by atoms with van der Waals surface area (Å²) in [4.78, 5) is 0. The van der Waals surface area contributed by atoms with Crippen molar-refractivity contribution in [1.82, 2.24) is 20.2 Å². The van der Waals surface area contributed by atoms with Crippen LogP contribution in [0.2, 0.25) is 0 Å². The molecule has 3 aromatic rings. The van der Waals surface area contributed by atoms with E-state index < -0.39 is 6.10 Å². The highest BCUT2D eigenvalue weighted by Crippen LogP contribution is 2.20. The molecule has 2 aromatic carbocycles. The van der Waals surface area contributed by atoms with Gasteiger partial charge in [0.2, 0.25) is 0 Å². The van der Waals surface area contributed by atoms with Crippen LogP contribution in [0.1, 0.15) is 17.5 Å². The molecule has 1 aromatic heterocycles. The van der Waals surface area contributed by atoms with Gasteiger partial charge in [0.05, 0.1) is 5.69 Å². The Morgan fingerprint density at radius 1 is 0.895 bits per heavy atom. The average Bonchev–Trinajstić information content (AvgIpc) is 2.98. The number of hydrogen-bond donors (Lipinski definition) is 1. The molecule has 0 aliphatic carbocycles. The number of benzene rings is 2. The highest BCUT2D eigenvalue weighted by Gasteiger charge is 2.18. The SMILES string of the molecule is OC(c1ccccc1)c1nnnn1-c1ccccc1. The first-order chi connectivity index (χ1) is 9.36. The number of aromatic nitrogens is 4. The highest BCUT2D eigenvalue weighted by molar-refractivity contribution is 5.32. The molecule has 5 heteroatoms.